The molecule has 4 heteroatoms. The molecule has 0 aromatic heterocycles. The zero-order valence-electron chi connectivity index (χ0n) is 12.1. The number of aliphatic hydroxyl groups is 1. The van der Waals surface area contributed by atoms with E-state index in [9.17, 15) is 9.90 Å². The normalized spacial score (nSPS) is 27.9. The zero-order chi connectivity index (χ0) is 14.9. The largest absolute Gasteiger partial charge is 0.481 e. The second-order valence-corrected chi connectivity index (χ2v) is 6.48. The maximum absolute atomic E-state index is 11.0. The van der Waals surface area contributed by atoms with Crippen LogP contribution < -0.4 is 0 Å². The summed E-state index contributed by atoms with van der Waals surface area (Å²) < 4.78 is 5.08. The van der Waals surface area contributed by atoms with Crippen LogP contribution in [0.25, 0.3) is 0 Å². The molecule has 2 aliphatic rings. The van der Waals surface area contributed by atoms with Crippen LogP contribution in [0.4, 0.5) is 0 Å². The van der Waals surface area contributed by atoms with Crippen molar-refractivity contribution < 1.29 is 19.7 Å². The van der Waals surface area contributed by atoms with Gasteiger partial charge in [0.2, 0.25) is 0 Å². The van der Waals surface area contributed by atoms with Crippen molar-refractivity contribution in [3.05, 3.63) is 35.4 Å². The molecule has 114 valence electrons. The summed E-state index contributed by atoms with van der Waals surface area (Å²) in [5.41, 5.74) is 1.39. The van der Waals surface area contributed by atoms with E-state index >= 15 is 0 Å². The lowest BCUT2D eigenvalue weighted by molar-refractivity contribution is -0.184. The van der Waals surface area contributed by atoms with Gasteiger partial charge in [0.25, 0.3) is 0 Å². The van der Waals surface area contributed by atoms with Crippen molar-refractivity contribution in [3.63, 3.8) is 0 Å². The number of rotatable bonds is 4. The first kappa shape index (κ1) is 14.5. The molecule has 0 bridgehead atoms. The quantitative estimate of drug-likeness (QED) is 0.893. The monoisotopic (exact) mass is 290 g/mol. The van der Waals surface area contributed by atoms with Crippen LogP contribution in [0.1, 0.15) is 36.8 Å². The third-order valence-corrected chi connectivity index (χ3v) is 4.89. The molecular weight excluding hydrogens is 268 g/mol. The molecule has 1 aromatic rings. The van der Waals surface area contributed by atoms with Gasteiger partial charge in [-0.05, 0) is 49.1 Å². The van der Waals surface area contributed by atoms with Gasteiger partial charge >= 0.3 is 5.97 Å². The number of hydrogen-bond acceptors (Lipinski definition) is 3. The fourth-order valence-corrected chi connectivity index (χ4v) is 3.36. The van der Waals surface area contributed by atoms with Crippen LogP contribution in [-0.2, 0) is 21.6 Å². The molecule has 1 aliphatic heterocycles. The van der Waals surface area contributed by atoms with Crippen LogP contribution in [0.5, 0.6) is 0 Å². The van der Waals surface area contributed by atoms with Crippen LogP contribution in [0, 0.1) is 11.8 Å². The van der Waals surface area contributed by atoms with Crippen molar-refractivity contribution in [1.82, 2.24) is 0 Å². The maximum atomic E-state index is 11.0. The zero-order valence-corrected chi connectivity index (χ0v) is 12.1. The number of carbonyl (C=O) groups is 1. The highest BCUT2D eigenvalue weighted by atomic mass is 16.5. The number of hydrogen-bond donors (Lipinski definition) is 2. The summed E-state index contributed by atoms with van der Waals surface area (Å²) in [5, 5.41) is 19.2. The third kappa shape index (κ3) is 3.11. The lowest BCUT2D eigenvalue weighted by Crippen LogP contribution is -2.46. The lowest BCUT2D eigenvalue weighted by atomic mass is 9.79. The molecular formula is C17H22O4. The third-order valence-electron chi connectivity index (χ3n) is 4.89. The molecule has 1 saturated carbocycles. The Balaban J connectivity index is 1.55. The summed E-state index contributed by atoms with van der Waals surface area (Å²) >= 11 is 0. The molecule has 0 atom stereocenters. The van der Waals surface area contributed by atoms with E-state index in [1.165, 1.54) is 5.56 Å². The van der Waals surface area contributed by atoms with Gasteiger partial charge in [-0.2, -0.15) is 0 Å². The summed E-state index contributed by atoms with van der Waals surface area (Å²) in [5.74, 6) is -0.202. The van der Waals surface area contributed by atoms with E-state index in [0.29, 0.717) is 19.1 Å². The SMILES string of the molecule is O=C(O)C1CCC(Cc2ccc(C3(O)COC3)cc2)CC1. The number of carboxylic acid groups (broad SMARTS) is 1. The van der Waals surface area contributed by atoms with Crippen molar-refractivity contribution in [2.45, 2.75) is 37.7 Å². The van der Waals surface area contributed by atoms with Gasteiger partial charge < -0.3 is 14.9 Å². The Labute approximate surface area is 124 Å². The van der Waals surface area contributed by atoms with Gasteiger partial charge in [-0.25, -0.2) is 0 Å². The van der Waals surface area contributed by atoms with E-state index in [0.717, 1.165) is 37.7 Å². The Morgan fingerprint density at radius 3 is 2.24 bits per heavy atom. The predicted octanol–water partition coefficient (Wildman–Crippen LogP) is 2.34. The minimum absolute atomic E-state index is 0.142. The van der Waals surface area contributed by atoms with Gasteiger partial charge in [0.05, 0.1) is 19.1 Å². The predicted molar refractivity (Wildman–Crippen MR) is 77.9 cm³/mol. The fourth-order valence-electron chi connectivity index (χ4n) is 3.36. The standard InChI is InChI=1S/C17H22O4/c18-16(19)14-5-1-12(2-6-14)9-13-3-7-15(8-4-13)17(20)10-21-11-17/h3-4,7-8,12,14,20H,1-2,5-6,9-11H2,(H,18,19). The maximum Gasteiger partial charge on any atom is 0.306 e. The van der Waals surface area contributed by atoms with Crippen LogP contribution in [0.2, 0.25) is 0 Å². The molecule has 2 fully saturated rings. The van der Waals surface area contributed by atoms with Gasteiger partial charge in [-0.1, -0.05) is 24.3 Å². The van der Waals surface area contributed by atoms with Crippen LogP contribution in [0.3, 0.4) is 0 Å². The number of benzene rings is 1. The molecule has 2 N–H and O–H groups in total. The first-order valence-electron chi connectivity index (χ1n) is 7.69. The Morgan fingerprint density at radius 1 is 1.14 bits per heavy atom. The summed E-state index contributed by atoms with van der Waals surface area (Å²) in [4.78, 5) is 11.0. The van der Waals surface area contributed by atoms with Crippen LogP contribution >= 0.6 is 0 Å². The van der Waals surface area contributed by atoms with Gasteiger partial charge in [-0.15, -0.1) is 0 Å². The first-order valence-corrected chi connectivity index (χ1v) is 7.69. The van der Waals surface area contributed by atoms with Gasteiger partial charge in [0, 0.05) is 0 Å². The summed E-state index contributed by atoms with van der Waals surface area (Å²) in [6, 6.07) is 8.13. The van der Waals surface area contributed by atoms with Crippen LogP contribution in [-0.4, -0.2) is 29.4 Å². The molecule has 0 amide bonds. The molecule has 0 unspecified atom stereocenters. The summed E-state index contributed by atoms with van der Waals surface area (Å²) in [6.07, 6.45) is 4.60. The molecule has 21 heavy (non-hydrogen) atoms. The highest BCUT2D eigenvalue weighted by molar-refractivity contribution is 5.69. The summed E-state index contributed by atoms with van der Waals surface area (Å²) in [6.45, 7) is 0.761. The van der Waals surface area contributed by atoms with E-state index in [4.69, 9.17) is 9.84 Å². The minimum atomic E-state index is -0.794. The first-order chi connectivity index (χ1) is 10.1. The Kier molecular flexibility index (Phi) is 4.00. The van der Waals surface area contributed by atoms with E-state index in [1.54, 1.807) is 0 Å². The lowest BCUT2D eigenvalue weighted by Gasteiger charge is -2.36. The molecule has 1 saturated heterocycles. The van der Waals surface area contributed by atoms with Crippen molar-refractivity contribution in [1.29, 1.82) is 0 Å². The second kappa shape index (κ2) is 5.78. The van der Waals surface area contributed by atoms with E-state index in [2.05, 4.69) is 12.1 Å². The average molecular weight is 290 g/mol. The Morgan fingerprint density at radius 2 is 1.76 bits per heavy atom. The number of carboxylic acids is 1. The average Bonchev–Trinajstić information content (AvgIpc) is 2.46. The number of ether oxygens (including phenoxy) is 1. The molecule has 3 rings (SSSR count). The Bertz CT molecular complexity index is 496. The molecule has 1 heterocycles. The molecule has 1 aromatic carbocycles. The van der Waals surface area contributed by atoms with Gasteiger partial charge in [0.15, 0.2) is 0 Å². The van der Waals surface area contributed by atoms with Gasteiger partial charge in [0.1, 0.15) is 5.60 Å². The topological polar surface area (TPSA) is 66.8 Å². The summed E-state index contributed by atoms with van der Waals surface area (Å²) in [7, 11) is 0. The molecule has 4 nitrogen and oxygen atoms in total. The molecule has 0 spiro atoms. The molecule has 0 radical (unpaired) electrons. The number of aliphatic carboxylic acids is 1. The van der Waals surface area contributed by atoms with Crippen molar-refractivity contribution >= 4 is 5.97 Å². The smallest absolute Gasteiger partial charge is 0.306 e. The van der Waals surface area contributed by atoms with Crippen molar-refractivity contribution in [2.75, 3.05) is 13.2 Å². The highest BCUT2D eigenvalue weighted by Gasteiger charge is 2.37. The molecule has 1 aliphatic carbocycles. The van der Waals surface area contributed by atoms with E-state index in [-0.39, 0.29) is 5.92 Å². The van der Waals surface area contributed by atoms with Crippen molar-refractivity contribution in [2.24, 2.45) is 11.8 Å². The van der Waals surface area contributed by atoms with Gasteiger partial charge in [-0.3, -0.25) is 4.79 Å². The Hall–Kier alpha value is -1.39. The minimum Gasteiger partial charge on any atom is -0.481 e. The van der Waals surface area contributed by atoms with Crippen molar-refractivity contribution in [3.8, 4) is 0 Å². The second-order valence-electron chi connectivity index (χ2n) is 6.48. The van der Waals surface area contributed by atoms with E-state index in [1.807, 2.05) is 12.1 Å². The fraction of sp³-hybridized carbons (Fsp3) is 0.588. The van der Waals surface area contributed by atoms with Crippen LogP contribution in [0.15, 0.2) is 24.3 Å². The van der Waals surface area contributed by atoms with E-state index < -0.39 is 11.6 Å². The highest BCUT2D eigenvalue weighted by Crippen LogP contribution is 2.32.